The lowest BCUT2D eigenvalue weighted by Gasteiger charge is -2.33. The molecule has 24 heavy (non-hydrogen) atoms. The van der Waals surface area contributed by atoms with Crippen molar-refractivity contribution >= 4 is 18.4 Å². The highest BCUT2D eigenvalue weighted by molar-refractivity contribution is 5.85. The van der Waals surface area contributed by atoms with E-state index >= 15 is 0 Å². The molecule has 5 nitrogen and oxygen atoms in total. The summed E-state index contributed by atoms with van der Waals surface area (Å²) in [6.07, 6.45) is 2.97. The van der Waals surface area contributed by atoms with Crippen molar-refractivity contribution in [2.24, 2.45) is 5.92 Å². The Bertz CT molecular complexity index is 540. The van der Waals surface area contributed by atoms with Crippen molar-refractivity contribution in [3.05, 3.63) is 24.3 Å². The summed E-state index contributed by atoms with van der Waals surface area (Å²) in [6.45, 7) is 5.67. The van der Waals surface area contributed by atoms with Crippen LogP contribution in [-0.4, -0.2) is 49.8 Å². The van der Waals surface area contributed by atoms with E-state index in [4.69, 9.17) is 14.2 Å². The van der Waals surface area contributed by atoms with Crippen LogP contribution in [0.1, 0.15) is 26.2 Å². The van der Waals surface area contributed by atoms with E-state index < -0.39 is 0 Å². The summed E-state index contributed by atoms with van der Waals surface area (Å²) in [4.78, 5) is 14.2. The van der Waals surface area contributed by atoms with Gasteiger partial charge in [-0.15, -0.1) is 12.4 Å². The summed E-state index contributed by atoms with van der Waals surface area (Å²) in [7, 11) is 0. The number of rotatable bonds is 5. The van der Waals surface area contributed by atoms with Gasteiger partial charge in [0.05, 0.1) is 12.5 Å². The first-order chi connectivity index (χ1) is 11.3. The topological polar surface area (TPSA) is 48.0 Å². The van der Waals surface area contributed by atoms with Crippen LogP contribution in [0.5, 0.6) is 11.5 Å². The molecule has 2 heterocycles. The van der Waals surface area contributed by atoms with Gasteiger partial charge < -0.3 is 19.1 Å². The van der Waals surface area contributed by atoms with Gasteiger partial charge in [0.25, 0.3) is 0 Å². The molecule has 3 rings (SSSR count). The normalized spacial score (nSPS) is 23.2. The van der Waals surface area contributed by atoms with Crippen LogP contribution in [0.25, 0.3) is 0 Å². The van der Waals surface area contributed by atoms with Gasteiger partial charge in [0.2, 0.25) is 0 Å². The summed E-state index contributed by atoms with van der Waals surface area (Å²) >= 11 is 0. The number of piperidine rings is 1. The lowest BCUT2D eigenvalue weighted by molar-refractivity contribution is -0.149. The number of carbonyl (C=O) groups excluding carboxylic acids is 1. The van der Waals surface area contributed by atoms with E-state index in [0.29, 0.717) is 13.2 Å². The number of esters is 1. The molecule has 0 N–H and O–H groups in total. The fraction of sp³-hybridized carbons (Fsp3) is 0.611. The molecule has 1 saturated heterocycles. The van der Waals surface area contributed by atoms with Crippen molar-refractivity contribution in [3.8, 4) is 11.5 Å². The zero-order chi connectivity index (χ0) is 16.1. The Morgan fingerprint density at radius 2 is 2.12 bits per heavy atom. The SMILES string of the molecule is CCOC(=O)C1CCCN(CCC2COc3ccccc3O2)C1.Cl. The van der Waals surface area contributed by atoms with Gasteiger partial charge in [-0.1, -0.05) is 12.1 Å². The summed E-state index contributed by atoms with van der Waals surface area (Å²) in [5, 5.41) is 0. The number of carbonyl (C=O) groups is 1. The van der Waals surface area contributed by atoms with E-state index in [2.05, 4.69) is 4.90 Å². The minimum absolute atomic E-state index is 0. The number of ether oxygens (including phenoxy) is 3. The maximum atomic E-state index is 11.9. The minimum atomic E-state index is -0.0524. The van der Waals surface area contributed by atoms with E-state index in [1.807, 2.05) is 31.2 Å². The smallest absolute Gasteiger partial charge is 0.310 e. The van der Waals surface area contributed by atoms with E-state index in [-0.39, 0.29) is 30.4 Å². The summed E-state index contributed by atoms with van der Waals surface area (Å²) in [6, 6.07) is 7.78. The molecule has 2 unspecified atom stereocenters. The first kappa shape index (κ1) is 18.9. The Balaban J connectivity index is 0.00000208. The molecule has 0 radical (unpaired) electrons. The molecule has 1 aromatic carbocycles. The third-order valence-corrected chi connectivity index (χ3v) is 4.46. The van der Waals surface area contributed by atoms with Gasteiger partial charge in [-0.25, -0.2) is 0 Å². The van der Waals surface area contributed by atoms with Crippen molar-refractivity contribution in [2.45, 2.75) is 32.3 Å². The van der Waals surface area contributed by atoms with Gasteiger partial charge in [-0.05, 0) is 38.4 Å². The monoisotopic (exact) mass is 355 g/mol. The van der Waals surface area contributed by atoms with Crippen LogP contribution in [0.2, 0.25) is 0 Å². The van der Waals surface area contributed by atoms with Crippen LogP contribution in [-0.2, 0) is 9.53 Å². The fourth-order valence-electron chi connectivity index (χ4n) is 3.24. The van der Waals surface area contributed by atoms with Crippen LogP contribution < -0.4 is 9.47 Å². The number of likely N-dealkylation sites (tertiary alicyclic amines) is 1. The molecule has 6 heteroatoms. The molecule has 0 spiro atoms. The Kier molecular flexibility index (Phi) is 7.18. The van der Waals surface area contributed by atoms with E-state index in [1.165, 1.54) is 0 Å². The lowest BCUT2D eigenvalue weighted by Crippen LogP contribution is -2.41. The zero-order valence-electron chi connectivity index (χ0n) is 14.1. The van der Waals surface area contributed by atoms with Crippen molar-refractivity contribution in [3.63, 3.8) is 0 Å². The maximum absolute atomic E-state index is 11.9. The Morgan fingerprint density at radius 3 is 2.92 bits per heavy atom. The number of benzene rings is 1. The molecule has 0 aliphatic carbocycles. The van der Waals surface area contributed by atoms with Gasteiger partial charge in [0, 0.05) is 19.5 Å². The Labute approximate surface area is 149 Å². The molecular weight excluding hydrogens is 330 g/mol. The maximum Gasteiger partial charge on any atom is 0.310 e. The summed E-state index contributed by atoms with van der Waals surface area (Å²) < 4.78 is 16.9. The summed E-state index contributed by atoms with van der Waals surface area (Å²) in [5.74, 6) is 1.62. The van der Waals surface area contributed by atoms with Crippen LogP contribution in [0.15, 0.2) is 24.3 Å². The zero-order valence-corrected chi connectivity index (χ0v) is 14.9. The third-order valence-electron chi connectivity index (χ3n) is 4.46. The van der Waals surface area contributed by atoms with Crippen molar-refractivity contribution in [1.82, 2.24) is 4.90 Å². The minimum Gasteiger partial charge on any atom is -0.486 e. The van der Waals surface area contributed by atoms with Crippen LogP contribution >= 0.6 is 12.4 Å². The molecule has 2 atom stereocenters. The molecule has 134 valence electrons. The van der Waals surface area contributed by atoms with E-state index in [0.717, 1.165) is 50.4 Å². The molecule has 0 amide bonds. The molecular formula is C18H26ClNO4. The predicted octanol–water partition coefficient (Wildman–Crippen LogP) is 2.91. The summed E-state index contributed by atoms with van der Waals surface area (Å²) in [5.41, 5.74) is 0. The number of halogens is 1. The standard InChI is InChI=1S/C18H25NO4.ClH/c1-2-21-18(20)14-6-5-10-19(12-14)11-9-15-13-22-16-7-3-4-8-17(16)23-15;/h3-4,7-8,14-15H,2,5-6,9-13H2,1H3;1H. The van der Waals surface area contributed by atoms with Gasteiger partial charge >= 0.3 is 5.97 Å². The predicted molar refractivity (Wildman–Crippen MR) is 94.0 cm³/mol. The Hall–Kier alpha value is -1.46. The molecule has 0 saturated carbocycles. The van der Waals surface area contributed by atoms with E-state index in [1.54, 1.807) is 0 Å². The highest BCUT2D eigenvalue weighted by atomic mass is 35.5. The average molecular weight is 356 g/mol. The highest BCUT2D eigenvalue weighted by Gasteiger charge is 2.28. The molecule has 2 aliphatic heterocycles. The Morgan fingerprint density at radius 1 is 1.33 bits per heavy atom. The number of hydrogen-bond acceptors (Lipinski definition) is 5. The van der Waals surface area contributed by atoms with Gasteiger partial charge in [0.1, 0.15) is 12.7 Å². The van der Waals surface area contributed by atoms with Crippen LogP contribution in [0, 0.1) is 5.92 Å². The molecule has 0 aromatic heterocycles. The molecule has 2 aliphatic rings. The highest BCUT2D eigenvalue weighted by Crippen LogP contribution is 2.31. The van der Waals surface area contributed by atoms with Crippen LogP contribution in [0.4, 0.5) is 0 Å². The van der Waals surface area contributed by atoms with Gasteiger partial charge in [-0.2, -0.15) is 0 Å². The van der Waals surface area contributed by atoms with Crippen molar-refractivity contribution in [2.75, 3.05) is 32.8 Å². The number of nitrogens with zero attached hydrogens (tertiary/aromatic N) is 1. The largest absolute Gasteiger partial charge is 0.486 e. The van der Waals surface area contributed by atoms with E-state index in [9.17, 15) is 4.79 Å². The van der Waals surface area contributed by atoms with Gasteiger partial charge in [0.15, 0.2) is 11.5 Å². The quantitative estimate of drug-likeness (QED) is 0.760. The molecule has 1 fully saturated rings. The van der Waals surface area contributed by atoms with Crippen molar-refractivity contribution in [1.29, 1.82) is 0 Å². The average Bonchev–Trinajstić information content (AvgIpc) is 2.60. The second-order valence-electron chi connectivity index (χ2n) is 6.18. The number of para-hydroxylation sites is 2. The second-order valence-corrected chi connectivity index (χ2v) is 6.18. The molecule has 1 aromatic rings. The second kappa shape index (κ2) is 9.14. The van der Waals surface area contributed by atoms with Crippen molar-refractivity contribution < 1.29 is 19.0 Å². The number of hydrogen-bond donors (Lipinski definition) is 0. The van der Waals surface area contributed by atoms with Gasteiger partial charge in [-0.3, -0.25) is 4.79 Å². The third kappa shape index (κ3) is 4.77. The lowest BCUT2D eigenvalue weighted by atomic mass is 9.98. The number of fused-ring (bicyclic) bond motifs is 1. The first-order valence-corrected chi connectivity index (χ1v) is 8.53. The fourth-order valence-corrected chi connectivity index (χ4v) is 3.24. The molecule has 0 bridgehead atoms. The van der Waals surface area contributed by atoms with Crippen LogP contribution in [0.3, 0.4) is 0 Å². The first-order valence-electron chi connectivity index (χ1n) is 8.53.